The number of methoxy groups -OCH3 is 2. The Morgan fingerprint density at radius 3 is 2.63 bits per heavy atom. The molecule has 1 aromatic carbocycles. The Hall–Kier alpha value is -2.23. The zero-order valence-electron chi connectivity index (χ0n) is 11.4. The van der Waals surface area contributed by atoms with Gasteiger partial charge in [-0.3, -0.25) is 4.79 Å². The molecule has 4 nitrogen and oxygen atoms in total. The molecule has 0 atom stereocenters. The molecule has 0 aliphatic heterocycles. The van der Waals surface area contributed by atoms with Crippen LogP contribution < -0.4 is 9.47 Å². The fraction of sp³-hybridized carbons (Fsp3) is 0.267. The smallest absolute Gasteiger partial charge is 0.162 e. The number of aromatic nitrogens is 1. The van der Waals surface area contributed by atoms with E-state index in [0.29, 0.717) is 23.6 Å². The molecule has 0 fully saturated rings. The van der Waals surface area contributed by atoms with Crippen LogP contribution in [-0.4, -0.2) is 24.6 Å². The summed E-state index contributed by atoms with van der Waals surface area (Å²) in [7, 11) is 3.19. The number of hydrogen-bond acceptors (Lipinski definition) is 3. The van der Waals surface area contributed by atoms with Crippen molar-refractivity contribution in [2.75, 3.05) is 14.2 Å². The van der Waals surface area contributed by atoms with Crippen LogP contribution in [0.5, 0.6) is 11.5 Å². The van der Waals surface area contributed by atoms with Crippen LogP contribution in [0, 0.1) is 0 Å². The van der Waals surface area contributed by atoms with Crippen LogP contribution in [0.1, 0.15) is 17.3 Å². The summed E-state index contributed by atoms with van der Waals surface area (Å²) in [6.07, 6.45) is 3.62. The standard InChI is InChI=1S/C15H17NO3/c1-5-6-16-9-12(10(2)17)15-13(16)7-11(18-3)8-14(15)19-4/h5,7-9H,1,6H2,2-4H3. The minimum Gasteiger partial charge on any atom is -0.497 e. The lowest BCUT2D eigenvalue weighted by Gasteiger charge is -2.08. The van der Waals surface area contributed by atoms with Crippen LogP contribution in [-0.2, 0) is 6.54 Å². The SMILES string of the molecule is C=CCn1cc(C(C)=O)c2c(OC)cc(OC)cc21. The highest BCUT2D eigenvalue weighted by Gasteiger charge is 2.17. The predicted octanol–water partition coefficient (Wildman–Crippen LogP) is 3.05. The van der Waals surface area contributed by atoms with Crippen molar-refractivity contribution in [1.82, 2.24) is 4.57 Å². The van der Waals surface area contributed by atoms with Crippen LogP contribution in [0.25, 0.3) is 10.9 Å². The second-order valence-electron chi connectivity index (χ2n) is 4.26. The van der Waals surface area contributed by atoms with E-state index in [2.05, 4.69) is 6.58 Å². The molecular formula is C15H17NO3. The zero-order valence-corrected chi connectivity index (χ0v) is 11.4. The van der Waals surface area contributed by atoms with Gasteiger partial charge in [-0.2, -0.15) is 0 Å². The van der Waals surface area contributed by atoms with Gasteiger partial charge in [-0.05, 0) is 6.92 Å². The van der Waals surface area contributed by atoms with Crippen molar-refractivity contribution in [1.29, 1.82) is 0 Å². The van der Waals surface area contributed by atoms with Gasteiger partial charge in [0.1, 0.15) is 11.5 Å². The van der Waals surface area contributed by atoms with Crippen LogP contribution >= 0.6 is 0 Å². The summed E-state index contributed by atoms with van der Waals surface area (Å²) in [5.74, 6) is 1.35. The summed E-state index contributed by atoms with van der Waals surface area (Å²) < 4.78 is 12.6. The number of carbonyl (C=O) groups excluding carboxylic acids is 1. The quantitative estimate of drug-likeness (QED) is 0.612. The van der Waals surface area contributed by atoms with E-state index in [1.165, 1.54) is 0 Å². The predicted molar refractivity (Wildman–Crippen MR) is 75.2 cm³/mol. The maximum Gasteiger partial charge on any atom is 0.162 e. The second-order valence-corrected chi connectivity index (χ2v) is 4.26. The number of hydrogen-bond donors (Lipinski definition) is 0. The maximum atomic E-state index is 11.8. The van der Waals surface area contributed by atoms with Gasteiger partial charge in [-0.1, -0.05) is 6.08 Å². The van der Waals surface area contributed by atoms with Gasteiger partial charge in [0.05, 0.1) is 25.1 Å². The van der Waals surface area contributed by atoms with E-state index in [1.807, 2.05) is 16.8 Å². The molecule has 0 saturated heterocycles. The monoisotopic (exact) mass is 259 g/mol. The Morgan fingerprint density at radius 1 is 1.37 bits per heavy atom. The Balaban J connectivity index is 2.84. The Morgan fingerprint density at radius 2 is 2.11 bits per heavy atom. The van der Waals surface area contributed by atoms with E-state index >= 15 is 0 Å². The molecule has 0 aliphatic carbocycles. The van der Waals surface area contributed by atoms with Crippen LogP contribution in [0.4, 0.5) is 0 Å². The van der Waals surface area contributed by atoms with Gasteiger partial charge in [0.2, 0.25) is 0 Å². The molecule has 100 valence electrons. The van der Waals surface area contributed by atoms with Gasteiger partial charge in [0.25, 0.3) is 0 Å². The first kappa shape index (κ1) is 13.2. The number of ether oxygens (including phenoxy) is 2. The first-order chi connectivity index (χ1) is 9.12. The van der Waals surface area contributed by atoms with Crippen molar-refractivity contribution in [2.24, 2.45) is 0 Å². The van der Waals surface area contributed by atoms with Gasteiger partial charge in [-0.25, -0.2) is 0 Å². The first-order valence-corrected chi connectivity index (χ1v) is 5.99. The molecule has 0 radical (unpaired) electrons. The summed E-state index contributed by atoms with van der Waals surface area (Å²) >= 11 is 0. The van der Waals surface area contributed by atoms with Gasteiger partial charge in [-0.15, -0.1) is 6.58 Å². The van der Waals surface area contributed by atoms with Gasteiger partial charge in [0, 0.05) is 30.4 Å². The van der Waals surface area contributed by atoms with Gasteiger partial charge < -0.3 is 14.0 Å². The second kappa shape index (κ2) is 5.18. The number of ketones is 1. The summed E-state index contributed by atoms with van der Waals surface area (Å²) in [5.41, 5.74) is 1.55. The molecule has 1 heterocycles. The third-order valence-electron chi connectivity index (χ3n) is 3.08. The number of allylic oxidation sites excluding steroid dienone is 1. The van der Waals surface area contributed by atoms with Crippen molar-refractivity contribution >= 4 is 16.7 Å². The molecule has 0 spiro atoms. The van der Waals surface area contributed by atoms with Crippen LogP contribution in [0.3, 0.4) is 0 Å². The average Bonchev–Trinajstić information content (AvgIpc) is 2.77. The van der Waals surface area contributed by atoms with E-state index < -0.39 is 0 Å². The molecular weight excluding hydrogens is 242 g/mol. The van der Waals surface area contributed by atoms with Gasteiger partial charge in [0.15, 0.2) is 5.78 Å². The minimum atomic E-state index is 0.0104. The summed E-state index contributed by atoms with van der Waals surface area (Å²) in [6, 6.07) is 3.68. The van der Waals surface area contributed by atoms with Crippen molar-refractivity contribution in [3.05, 3.63) is 36.5 Å². The van der Waals surface area contributed by atoms with Crippen molar-refractivity contribution in [3.8, 4) is 11.5 Å². The highest BCUT2D eigenvalue weighted by atomic mass is 16.5. The number of Topliss-reactive ketones (excluding diaryl/α,β-unsaturated/α-hetero) is 1. The fourth-order valence-corrected chi connectivity index (χ4v) is 2.20. The molecule has 0 unspecified atom stereocenters. The first-order valence-electron chi connectivity index (χ1n) is 5.99. The van der Waals surface area contributed by atoms with Crippen molar-refractivity contribution < 1.29 is 14.3 Å². The van der Waals surface area contributed by atoms with Crippen molar-refractivity contribution in [2.45, 2.75) is 13.5 Å². The number of nitrogens with zero attached hydrogens (tertiary/aromatic N) is 1. The van der Waals surface area contributed by atoms with Gasteiger partial charge >= 0.3 is 0 Å². The molecule has 0 saturated carbocycles. The summed E-state index contributed by atoms with van der Waals surface area (Å²) in [6.45, 7) is 5.91. The minimum absolute atomic E-state index is 0.0104. The zero-order chi connectivity index (χ0) is 14.0. The summed E-state index contributed by atoms with van der Waals surface area (Å²) in [5, 5.41) is 0.817. The lowest BCUT2D eigenvalue weighted by Crippen LogP contribution is -1.94. The van der Waals surface area contributed by atoms with E-state index in [9.17, 15) is 4.79 Å². The summed E-state index contributed by atoms with van der Waals surface area (Å²) in [4.78, 5) is 11.8. The molecule has 4 heteroatoms. The van der Waals surface area contributed by atoms with Crippen LogP contribution in [0.15, 0.2) is 31.0 Å². The molecule has 1 aromatic heterocycles. The molecule has 0 bridgehead atoms. The average molecular weight is 259 g/mol. The third kappa shape index (κ3) is 2.21. The number of benzene rings is 1. The maximum absolute atomic E-state index is 11.8. The third-order valence-corrected chi connectivity index (χ3v) is 3.08. The molecule has 19 heavy (non-hydrogen) atoms. The van der Waals surface area contributed by atoms with Crippen molar-refractivity contribution in [3.63, 3.8) is 0 Å². The number of fused-ring (bicyclic) bond motifs is 1. The normalized spacial score (nSPS) is 10.5. The fourth-order valence-electron chi connectivity index (χ4n) is 2.20. The molecule has 0 aliphatic rings. The van der Waals surface area contributed by atoms with E-state index in [0.717, 1.165) is 10.9 Å². The van der Waals surface area contributed by atoms with E-state index in [1.54, 1.807) is 33.3 Å². The topological polar surface area (TPSA) is 40.5 Å². The Bertz CT molecular complexity index is 640. The molecule has 2 rings (SSSR count). The molecule has 0 N–H and O–H groups in total. The van der Waals surface area contributed by atoms with E-state index in [4.69, 9.17) is 9.47 Å². The Labute approximate surface area is 112 Å². The molecule has 2 aromatic rings. The highest BCUT2D eigenvalue weighted by Crippen LogP contribution is 2.35. The Kier molecular flexibility index (Phi) is 3.60. The van der Waals surface area contributed by atoms with Crippen LogP contribution in [0.2, 0.25) is 0 Å². The lowest BCUT2D eigenvalue weighted by atomic mass is 10.1. The molecule has 0 amide bonds. The number of rotatable bonds is 5. The largest absolute Gasteiger partial charge is 0.497 e. The lowest BCUT2D eigenvalue weighted by molar-refractivity contribution is 0.101. The highest BCUT2D eigenvalue weighted by molar-refractivity contribution is 6.09. The van der Waals surface area contributed by atoms with E-state index in [-0.39, 0.29) is 5.78 Å². The number of carbonyl (C=O) groups is 1.